The van der Waals surface area contributed by atoms with Crippen LogP contribution in [0.5, 0.6) is 5.88 Å². The highest BCUT2D eigenvalue weighted by atomic mass is 16.5. The Balaban J connectivity index is 1.36. The predicted octanol–water partition coefficient (Wildman–Crippen LogP) is 4.39. The molecule has 2 N–H and O–H groups in total. The number of likely N-dealkylation sites (tertiary alicyclic amines) is 1. The molecule has 1 aliphatic carbocycles. The standard InChI is InChI=1S/C26H31N5O4/c1-16-5-11-20(27-15-16)28-26(33)24-23(22-19(35-24)10-12-21(29-22)34-2)30-25(32)17-6-8-18(9-7-17)31-13-3-4-14-31/h5,10-12,15,17-18H,3-4,6-9,13-14H2,1-2H3,(H,30,32)(H,27,28,33). The van der Waals surface area contributed by atoms with Crippen LogP contribution in [-0.2, 0) is 4.79 Å². The van der Waals surface area contributed by atoms with Crippen LogP contribution >= 0.6 is 0 Å². The van der Waals surface area contributed by atoms with E-state index in [0.29, 0.717) is 28.8 Å². The molecule has 3 aromatic rings. The number of nitrogens with one attached hydrogen (secondary N) is 2. The molecule has 184 valence electrons. The summed E-state index contributed by atoms with van der Waals surface area (Å²) in [4.78, 5) is 37.7. The van der Waals surface area contributed by atoms with Crippen LogP contribution in [0.2, 0.25) is 0 Å². The Morgan fingerprint density at radius 2 is 1.83 bits per heavy atom. The van der Waals surface area contributed by atoms with Gasteiger partial charge in [-0.25, -0.2) is 9.97 Å². The lowest BCUT2D eigenvalue weighted by Crippen LogP contribution is -2.38. The zero-order valence-electron chi connectivity index (χ0n) is 20.2. The average molecular weight is 478 g/mol. The van der Waals surface area contributed by atoms with Gasteiger partial charge in [0.25, 0.3) is 5.91 Å². The van der Waals surface area contributed by atoms with Crippen molar-refractivity contribution in [3.8, 4) is 5.88 Å². The smallest absolute Gasteiger partial charge is 0.294 e. The van der Waals surface area contributed by atoms with Gasteiger partial charge in [0.2, 0.25) is 17.5 Å². The Kier molecular flexibility index (Phi) is 6.68. The minimum Gasteiger partial charge on any atom is -0.481 e. The Bertz CT molecular complexity index is 1210. The molecule has 2 aliphatic rings. The summed E-state index contributed by atoms with van der Waals surface area (Å²) in [7, 11) is 1.52. The SMILES string of the molecule is COc1ccc2oc(C(=O)Nc3ccc(C)cn3)c(NC(=O)C3CCC(N4CCCC4)CC3)c2n1. The van der Waals surface area contributed by atoms with Crippen LogP contribution in [0.15, 0.2) is 34.9 Å². The first-order valence-electron chi connectivity index (χ1n) is 12.3. The number of amides is 2. The van der Waals surface area contributed by atoms with Crippen molar-refractivity contribution in [2.24, 2.45) is 5.92 Å². The van der Waals surface area contributed by atoms with Crippen molar-refractivity contribution >= 4 is 34.4 Å². The topological polar surface area (TPSA) is 110 Å². The molecule has 9 heteroatoms. The maximum atomic E-state index is 13.3. The van der Waals surface area contributed by atoms with Gasteiger partial charge in [-0.05, 0) is 76.2 Å². The number of aryl methyl sites for hydroxylation is 1. The van der Waals surface area contributed by atoms with Crippen LogP contribution in [0.25, 0.3) is 11.1 Å². The highest BCUT2D eigenvalue weighted by Gasteiger charge is 2.32. The molecule has 0 spiro atoms. The fourth-order valence-electron chi connectivity index (χ4n) is 5.10. The third-order valence-electron chi connectivity index (χ3n) is 7.05. The van der Waals surface area contributed by atoms with E-state index in [2.05, 4.69) is 25.5 Å². The third-order valence-corrected chi connectivity index (χ3v) is 7.05. The van der Waals surface area contributed by atoms with Gasteiger partial charge in [0.05, 0.1) is 7.11 Å². The fraction of sp³-hybridized carbons (Fsp3) is 0.462. The lowest BCUT2D eigenvalue weighted by molar-refractivity contribution is -0.121. The molecule has 0 atom stereocenters. The third kappa shape index (κ3) is 5.00. The van der Waals surface area contributed by atoms with Gasteiger partial charge in [-0.2, -0.15) is 0 Å². The predicted molar refractivity (Wildman–Crippen MR) is 133 cm³/mol. The number of carbonyl (C=O) groups is 2. The molecule has 0 aromatic carbocycles. The van der Waals surface area contributed by atoms with Gasteiger partial charge in [-0.15, -0.1) is 0 Å². The van der Waals surface area contributed by atoms with Crippen LogP contribution in [-0.4, -0.2) is 52.9 Å². The van der Waals surface area contributed by atoms with Gasteiger partial charge in [0, 0.05) is 24.2 Å². The largest absolute Gasteiger partial charge is 0.481 e. The summed E-state index contributed by atoms with van der Waals surface area (Å²) in [6, 6.07) is 7.48. The zero-order chi connectivity index (χ0) is 24.4. The summed E-state index contributed by atoms with van der Waals surface area (Å²) in [6.45, 7) is 4.26. The number of nitrogens with zero attached hydrogens (tertiary/aromatic N) is 3. The van der Waals surface area contributed by atoms with Crippen molar-refractivity contribution in [3.63, 3.8) is 0 Å². The van der Waals surface area contributed by atoms with Crippen molar-refractivity contribution in [1.29, 1.82) is 0 Å². The first-order chi connectivity index (χ1) is 17.0. The van der Waals surface area contributed by atoms with Gasteiger partial charge in [-0.1, -0.05) is 6.07 Å². The molecule has 1 saturated heterocycles. The van der Waals surface area contributed by atoms with Gasteiger partial charge < -0.3 is 24.7 Å². The van der Waals surface area contributed by atoms with Crippen molar-refractivity contribution in [3.05, 3.63) is 41.8 Å². The minimum atomic E-state index is -0.508. The quantitative estimate of drug-likeness (QED) is 0.542. The number of carbonyl (C=O) groups excluding carboxylic acids is 2. The average Bonchev–Trinajstić information content (AvgIpc) is 3.54. The number of hydrogen-bond donors (Lipinski definition) is 2. The van der Waals surface area contributed by atoms with Crippen LogP contribution < -0.4 is 15.4 Å². The number of pyridine rings is 2. The van der Waals surface area contributed by atoms with E-state index in [0.717, 1.165) is 31.2 Å². The van der Waals surface area contributed by atoms with Gasteiger partial charge >= 0.3 is 0 Å². The minimum absolute atomic E-state index is 0.0118. The molecule has 0 radical (unpaired) electrons. The summed E-state index contributed by atoms with van der Waals surface area (Å²) >= 11 is 0. The van der Waals surface area contributed by atoms with E-state index in [1.54, 1.807) is 24.4 Å². The summed E-state index contributed by atoms with van der Waals surface area (Å²) < 4.78 is 11.1. The van der Waals surface area contributed by atoms with E-state index in [1.165, 1.54) is 33.0 Å². The molecule has 0 bridgehead atoms. The molecule has 9 nitrogen and oxygen atoms in total. The highest BCUT2D eigenvalue weighted by Crippen LogP contribution is 2.34. The Labute approximate surface area is 204 Å². The maximum Gasteiger partial charge on any atom is 0.294 e. The number of ether oxygens (including phenoxy) is 1. The van der Waals surface area contributed by atoms with Crippen molar-refractivity contribution in [2.45, 2.75) is 51.5 Å². The molecule has 4 heterocycles. The van der Waals surface area contributed by atoms with Crippen LogP contribution in [0.3, 0.4) is 0 Å². The second-order valence-electron chi connectivity index (χ2n) is 9.42. The number of hydrogen-bond acceptors (Lipinski definition) is 7. The van der Waals surface area contributed by atoms with Crippen molar-refractivity contribution in [2.75, 3.05) is 30.8 Å². The normalized spacial score (nSPS) is 20.6. The number of aromatic nitrogens is 2. The van der Waals surface area contributed by atoms with Gasteiger partial charge in [0.1, 0.15) is 17.0 Å². The Morgan fingerprint density at radius 3 is 2.51 bits per heavy atom. The summed E-state index contributed by atoms with van der Waals surface area (Å²) in [5.74, 6) is 0.0172. The number of rotatable bonds is 6. The molecule has 35 heavy (non-hydrogen) atoms. The maximum absolute atomic E-state index is 13.3. The van der Waals surface area contributed by atoms with Gasteiger partial charge in [0.15, 0.2) is 5.58 Å². The molecule has 0 unspecified atom stereocenters. The second-order valence-corrected chi connectivity index (χ2v) is 9.42. The first-order valence-corrected chi connectivity index (χ1v) is 12.3. The molecule has 5 rings (SSSR count). The molecule has 2 amide bonds. The van der Waals surface area contributed by atoms with E-state index in [-0.39, 0.29) is 23.3 Å². The van der Waals surface area contributed by atoms with E-state index in [4.69, 9.17) is 9.15 Å². The second kappa shape index (κ2) is 10.0. The number of furan rings is 1. The Morgan fingerprint density at radius 1 is 1.06 bits per heavy atom. The first kappa shape index (κ1) is 23.3. The number of fused-ring (bicyclic) bond motifs is 1. The lowest BCUT2D eigenvalue weighted by atomic mass is 9.85. The monoisotopic (exact) mass is 477 g/mol. The zero-order valence-corrected chi connectivity index (χ0v) is 20.2. The molecule has 1 aliphatic heterocycles. The molecular formula is C26H31N5O4. The van der Waals surface area contributed by atoms with E-state index in [9.17, 15) is 9.59 Å². The molecule has 2 fully saturated rings. The Hall–Kier alpha value is -3.46. The lowest BCUT2D eigenvalue weighted by Gasteiger charge is -2.33. The van der Waals surface area contributed by atoms with E-state index < -0.39 is 5.91 Å². The van der Waals surface area contributed by atoms with Crippen LogP contribution in [0.1, 0.15) is 54.6 Å². The molecular weight excluding hydrogens is 446 g/mol. The highest BCUT2D eigenvalue weighted by molar-refractivity contribution is 6.13. The van der Waals surface area contributed by atoms with Crippen LogP contribution in [0, 0.1) is 12.8 Å². The molecule has 1 saturated carbocycles. The summed E-state index contributed by atoms with van der Waals surface area (Å²) in [6.07, 6.45) is 7.90. The van der Waals surface area contributed by atoms with E-state index >= 15 is 0 Å². The van der Waals surface area contributed by atoms with Crippen LogP contribution in [0.4, 0.5) is 11.5 Å². The summed E-state index contributed by atoms with van der Waals surface area (Å²) in [5.41, 5.74) is 2.01. The van der Waals surface area contributed by atoms with Crippen molar-refractivity contribution < 1.29 is 18.7 Å². The number of anilines is 2. The summed E-state index contributed by atoms with van der Waals surface area (Å²) in [5, 5.41) is 5.71. The van der Waals surface area contributed by atoms with Gasteiger partial charge in [-0.3, -0.25) is 9.59 Å². The molecule has 3 aromatic heterocycles. The van der Waals surface area contributed by atoms with E-state index in [1.807, 2.05) is 13.0 Å². The fourth-order valence-corrected chi connectivity index (χ4v) is 5.10. The number of methoxy groups -OCH3 is 1. The van der Waals surface area contributed by atoms with Crippen molar-refractivity contribution in [1.82, 2.24) is 14.9 Å².